The zero-order valence-corrected chi connectivity index (χ0v) is 48.0. The highest BCUT2D eigenvalue weighted by Crippen LogP contribution is 2.34. The van der Waals surface area contributed by atoms with E-state index in [0.29, 0.717) is 11.1 Å². The van der Waals surface area contributed by atoms with Gasteiger partial charge in [-0.25, -0.2) is 0 Å². The fourth-order valence-electron chi connectivity index (χ4n) is 11.0. The average molecular weight is 1080 g/mol. The number of methoxy groups -OCH3 is 1. The molecule has 6 N–H and O–H groups in total. The lowest BCUT2D eigenvalue weighted by Gasteiger charge is -2.44. The molecule has 5 unspecified atom stereocenters. The summed E-state index contributed by atoms with van der Waals surface area (Å²) in [6, 6.07) is 25.8. The van der Waals surface area contributed by atoms with Crippen molar-refractivity contribution in [2.45, 2.75) is 155 Å². The van der Waals surface area contributed by atoms with Gasteiger partial charge in [-0.05, 0) is 110 Å². The first-order valence-electron chi connectivity index (χ1n) is 27.8. The molecule has 424 valence electrons. The highest BCUT2D eigenvalue weighted by atomic mass is 16.5. The summed E-state index contributed by atoms with van der Waals surface area (Å²) in [5, 5.41) is 18.2. The van der Waals surface area contributed by atoms with E-state index in [9.17, 15) is 24.0 Å². The summed E-state index contributed by atoms with van der Waals surface area (Å²) in [7, 11) is 4.91. The Morgan fingerprint density at radius 3 is 1.87 bits per heavy atom. The molecule has 17 heteroatoms. The molecular weight excluding hydrogens is 999 g/mol. The van der Waals surface area contributed by atoms with Gasteiger partial charge in [0.15, 0.2) is 0 Å². The first kappa shape index (κ1) is 59.7. The first-order chi connectivity index (χ1) is 37.5. The summed E-state index contributed by atoms with van der Waals surface area (Å²) in [5.74, 6) is -2.63. The molecular formula is C62H83N9O8. The van der Waals surface area contributed by atoms with Crippen LogP contribution in [0.2, 0.25) is 0 Å². The molecule has 1 aliphatic carbocycles. The molecule has 0 aromatic heterocycles. The van der Waals surface area contributed by atoms with E-state index < -0.39 is 71.0 Å². The number of nitrogens with one attached hydrogen (secondary N) is 6. The zero-order valence-electron chi connectivity index (χ0n) is 48.0. The van der Waals surface area contributed by atoms with Crippen molar-refractivity contribution < 1.29 is 38.3 Å². The van der Waals surface area contributed by atoms with Crippen molar-refractivity contribution in [3.05, 3.63) is 142 Å². The van der Waals surface area contributed by atoms with Gasteiger partial charge in [0.1, 0.15) is 24.2 Å². The van der Waals surface area contributed by atoms with Gasteiger partial charge < -0.3 is 51.3 Å². The van der Waals surface area contributed by atoms with Crippen LogP contribution in [0.1, 0.15) is 130 Å². The lowest BCUT2D eigenvalue weighted by Crippen LogP contribution is -2.62. The van der Waals surface area contributed by atoms with Gasteiger partial charge in [-0.3, -0.25) is 33.6 Å². The number of fused-ring (bicyclic) bond motifs is 2. The molecule has 3 aliphatic rings. The highest BCUT2D eigenvalue weighted by Gasteiger charge is 2.47. The molecule has 0 saturated carbocycles. The second-order valence-corrected chi connectivity index (χ2v) is 23.7. The van der Waals surface area contributed by atoms with Gasteiger partial charge >= 0.3 is 0 Å². The maximum Gasteiger partial charge on any atom is 0.251 e. The SMILES string of the molecule is CNC(C)C(=O)NC(C(=O)N1Cc2ccccc2CC1C(=O)N(Cc1cccc(C(=O)N[C@H]2C[C@@H](C(=O)N[C@@H]3CCCc4ccccc43)N(C(=O)C(NC(=O)C(C)NC)C(C)(C)C)C2)c1)[C@H](COC)c1ccccc1)C(C)(C)C. The van der Waals surface area contributed by atoms with Crippen LogP contribution in [0.5, 0.6) is 0 Å². The topological polar surface area (TPSA) is 211 Å². The molecule has 7 amide bonds. The molecule has 4 aromatic carbocycles. The van der Waals surface area contributed by atoms with E-state index in [2.05, 4.69) is 38.0 Å². The van der Waals surface area contributed by atoms with Crippen LogP contribution < -0.4 is 31.9 Å². The van der Waals surface area contributed by atoms with Crippen molar-refractivity contribution in [1.82, 2.24) is 46.6 Å². The Balaban J connectivity index is 1.19. The lowest BCUT2D eigenvalue weighted by atomic mass is 9.84. The summed E-state index contributed by atoms with van der Waals surface area (Å²) >= 11 is 0. The summed E-state index contributed by atoms with van der Waals surface area (Å²) in [4.78, 5) is 107. The number of carbonyl (C=O) groups excluding carboxylic acids is 7. The number of hydrogen-bond donors (Lipinski definition) is 6. The van der Waals surface area contributed by atoms with Crippen molar-refractivity contribution in [2.24, 2.45) is 10.8 Å². The first-order valence-corrected chi connectivity index (χ1v) is 27.8. The van der Waals surface area contributed by atoms with Gasteiger partial charge in [0.2, 0.25) is 35.4 Å². The van der Waals surface area contributed by atoms with Crippen LogP contribution >= 0.6 is 0 Å². The number of aryl methyl sites for hydroxylation is 1. The Bertz CT molecular complexity index is 2830. The number of amides is 7. The summed E-state index contributed by atoms with van der Waals surface area (Å²) < 4.78 is 5.85. The van der Waals surface area contributed by atoms with Crippen molar-refractivity contribution in [2.75, 3.05) is 34.4 Å². The Morgan fingerprint density at radius 1 is 0.684 bits per heavy atom. The second kappa shape index (κ2) is 25.9. The zero-order chi connectivity index (χ0) is 57.3. The molecule has 9 atom stereocenters. The molecule has 0 bridgehead atoms. The quantitative estimate of drug-likeness (QED) is 0.0692. The van der Waals surface area contributed by atoms with E-state index in [0.717, 1.165) is 41.5 Å². The Labute approximate surface area is 466 Å². The Morgan fingerprint density at radius 2 is 1.27 bits per heavy atom. The van der Waals surface area contributed by atoms with Crippen molar-refractivity contribution >= 4 is 41.4 Å². The van der Waals surface area contributed by atoms with Crippen LogP contribution in [0.15, 0.2) is 103 Å². The molecule has 2 aliphatic heterocycles. The molecule has 0 spiro atoms. The second-order valence-electron chi connectivity index (χ2n) is 23.7. The summed E-state index contributed by atoms with van der Waals surface area (Å²) in [6.45, 7) is 15.0. The smallest absolute Gasteiger partial charge is 0.251 e. The molecule has 17 nitrogen and oxygen atoms in total. The standard InChI is InChI=1S/C62H83N9O8/c1-38(63-9)54(72)67-52(61(3,4)5)59(77)70-35-45-26-16-15-25-43(45)32-50(70)58(76)69(51(37-79-11)42-23-13-12-14-24-42)34-40-21-19-28-44(31-40)56(74)65-46-33-49(57(75)66-48-30-20-27-41-22-17-18-29-47(41)48)71(36-46)60(78)53(62(6,7)8)68-55(73)39(2)64-10/h12-19,21-26,28-29,31,38-39,46,48-53,63-64H,20,27,30,32-37H2,1-11H3,(H,65,74)(H,66,75)(H,67,72)(H,68,73)/t38?,39?,46-,48+,49-,50?,51+,52?,53?/m0/s1. The Kier molecular flexibility index (Phi) is 19.6. The maximum absolute atomic E-state index is 15.8. The van der Waals surface area contributed by atoms with Gasteiger partial charge in [0.25, 0.3) is 5.91 Å². The van der Waals surface area contributed by atoms with Crippen LogP contribution in [-0.4, -0.2) is 133 Å². The monoisotopic (exact) mass is 1080 g/mol. The van der Waals surface area contributed by atoms with Gasteiger partial charge in [0.05, 0.1) is 30.8 Å². The number of ether oxygens (including phenoxy) is 1. The minimum absolute atomic E-state index is 0.0136. The molecule has 79 heavy (non-hydrogen) atoms. The summed E-state index contributed by atoms with van der Waals surface area (Å²) in [6.07, 6.45) is 2.88. The van der Waals surface area contributed by atoms with Crippen molar-refractivity contribution in [3.63, 3.8) is 0 Å². The predicted octanol–water partition coefficient (Wildman–Crippen LogP) is 5.53. The molecule has 2 heterocycles. The number of hydrogen-bond acceptors (Lipinski definition) is 10. The molecule has 4 aromatic rings. The number of likely N-dealkylation sites (tertiary alicyclic amines) is 1. The van der Waals surface area contributed by atoms with E-state index in [1.807, 2.05) is 120 Å². The molecule has 1 fully saturated rings. The van der Waals surface area contributed by atoms with Gasteiger partial charge in [-0.2, -0.15) is 0 Å². The van der Waals surface area contributed by atoms with E-state index in [1.54, 1.807) is 63.1 Å². The van der Waals surface area contributed by atoms with Gasteiger partial charge in [0, 0.05) is 44.8 Å². The van der Waals surface area contributed by atoms with Gasteiger partial charge in [-0.1, -0.05) is 133 Å². The van der Waals surface area contributed by atoms with Crippen LogP contribution in [0, 0.1) is 10.8 Å². The third-order valence-corrected chi connectivity index (χ3v) is 15.9. The van der Waals surface area contributed by atoms with Gasteiger partial charge in [-0.15, -0.1) is 0 Å². The van der Waals surface area contributed by atoms with Crippen LogP contribution in [0.25, 0.3) is 0 Å². The fourth-order valence-corrected chi connectivity index (χ4v) is 11.0. The average Bonchev–Trinajstić information content (AvgIpc) is 4.00. The van der Waals surface area contributed by atoms with Crippen molar-refractivity contribution in [3.8, 4) is 0 Å². The fraction of sp³-hybridized carbons (Fsp3) is 0.500. The highest BCUT2D eigenvalue weighted by molar-refractivity contribution is 5.97. The molecule has 0 radical (unpaired) electrons. The number of nitrogens with zero attached hydrogens (tertiary/aromatic N) is 3. The third kappa shape index (κ3) is 14.3. The molecule has 1 saturated heterocycles. The third-order valence-electron chi connectivity index (χ3n) is 15.9. The van der Waals surface area contributed by atoms with E-state index in [4.69, 9.17) is 4.74 Å². The predicted molar refractivity (Wildman–Crippen MR) is 304 cm³/mol. The number of benzene rings is 4. The lowest BCUT2D eigenvalue weighted by molar-refractivity contribution is -0.153. The maximum atomic E-state index is 15.8. The van der Waals surface area contributed by atoms with E-state index in [-0.39, 0.29) is 74.7 Å². The van der Waals surface area contributed by atoms with Crippen LogP contribution in [0.3, 0.4) is 0 Å². The van der Waals surface area contributed by atoms with Crippen molar-refractivity contribution in [1.29, 1.82) is 0 Å². The molecule has 7 rings (SSSR count). The van der Waals surface area contributed by atoms with E-state index >= 15 is 9.59 Å². The summed E-state index contributed by atoms with van der Waals surface area (Å²) in [5.41, 5.74) is 4.31. The van der Waals surface area contributed by atoms with Crippen LogP contribution in [0.4, 0.5) is 0 Å². The van der Waals surface area contributed by atoms with E-state index in [1.165, 1.54) is 10.5 Å². The minimum atomic E-state index is -0.988. The number of rotatable bonds is 19. The Hall–Kier alpha value is -6.95. The number of likely N-dealkylation sites (N-methyl/N-ethyl adjacent to an activating group) is 2. The van der Waals surface area contributed by atoms with Crippen LogP contribution in [-0.2, 0) is 59.4 Å². The minimum Gasteiger partial charge on any atom is -0.382 e. The number of carbonyl (C=O) groups is 7. The largest absolute Gasteiger partial charge is 0.382 e. The normalized spacial score (nSPS) is 20.0.